The summed E-state index contributed by atoms with van der Waals surface area (Å²) in [6.07, 6.45) is 0. The number of ether oxygens (including phenoxy) is 4. The van der Waals surface area contributed by atoms with E-state index in [1.165, 1.54) is 0 Å². The molecule has 6 aromatic carbocycles. The average molecular weight is 560 g/mol. The van der Waals surface area contributed by atoms with E-state index in [4.69, 9.17) is 18.9 Å². The predicted octanol–water partition coefficient (Wildman–Crippen LogP) is 10.8. The summed E-state index contributed by atoms with van der Waals surface area (Å²) in [5.41, 5.74) is 7.51. The van der Waals surface area contributed by atoms with Gasteiger partial charge in [0.25, 0.3) is 0 Å². The molecule has 0 aromatic heterocycles. The van der Waals surface area contributed by atoms with Crippen LogP contribution in [0.15, 0.2) is 127 Å². The van der Waals surface area contributed by atoms with Crippen molar-refractivity contribution in [3.05, 3.63) is 150 Å². The minimum absolute atomic E-state index is 0.0698. The van der Waals surface area contributed by atoms with Gasteiger partial charge in [0.15, 0.2) is 0 Å². The van der Waals surface area contributed by atoms with E-state index in [0.717, 1.165) is 68.1 Å². The Labute approximate surface area is 249 Å². The Bertz CT molecular complexity index is 2040. The number of hydrogen-bond acceptors (Lipinski definition) is 5. The molecule has 3 heterocycles. The molecule has 0 saturated carbocycles. The number of nitrogens with zero attached hydrogens (tertiary/aromatic N) is 1. The molecule has 3 aliphatic rings. The molecule has 0 spiro atoms. The highest BCUT2D eigenvalue weighted by molar-refractivity contribution is 5.92. The second kappa shape index (κ2) is 9.16. The SMILES string of the molecule is Cc1cc2c3c(c1)N(c1ccccc1)c1cc(Oc4ccccc4)cc4c1C3c1c(cc(Oc3ccccc3)cc1O4)O2. The summed E-state index contributed by atoms with van der Waals surface area (Å²) in [5, 5.41) is 0. The summed E-state index contributed by atoms with van der Waals surface area (Å²) in [4.78, 5) is 2.30. The van der Waals surface area contributed by atoms with E-state index in [9.17, 15) is 0 Å². The Balaban J connectivity index is 1.29. The lowest BCUT2D eigenvalue weighted by molar-refractivity contribution is 0.396. The molecule has 6 aromatic rings. The zero-order chi connectivity index (χ0) is 28.5. The first kappa shape index (κ1) is 24.0. The maximum Gasteiger partial charge on any atom is 0.139 e. The van der Waals surface area contributed by atoms with Crippen LogP contribution in [0.3, 0.4) is 0 Å². The molecule has 0 saturated heterocycles. The van der Waals surface area contributed by atoms with Crippen molar-refractivity contribution in [3.8, 4) is 46.0 Å². The number of hydrogen-bond donors (Lipinski definition) is 0. The minimum Gasteiger partial charge on any atom is -0.457 e. The molecule has 0 aliphatic carbocycles. The Kier molecular flexibility index (Phi) is 5.11. The third-order valence-corrected chi connectivity index (χ3v) is 8.20. The second-order valence-corrected chi connectivity index (χ2v) is 11.0. The third kappa shape index (κ3) is 3.78. The molecule has 5 nitrogen and oxygen atoms in total. The van der Waals surface area contributed by atoms with Gasteiger partial charge in [0.1, 0.15) is 46.0 Å². The van der Waals surface area contributed by atoms with Crippen LogP contribution < -0.4 is 23.8 Å². The minimum atomic E-state index is -0.0698. The van der Waals surface area contributed by atoms with E-state index in [1.807, 2.05) is 84.9 Å². The van der Waals surface area contributed by atoms with Crippen molar-refractivity contribution in [1.82, 2.24) is 0 Å². The van der Waals surface area contributed by atoms with Crippen LogP contribution in [0, 0.1) is 6.92 Å². The van der Waals surface area contributed by atoms with E-state index < -0.39 is 0 Å². The van der Waals surface area contributed by atoms with Crippen LogP contribution >= 0.6 is 0 Å². The Morgan fingerprint density at radius 1 is 0.488 bits per heavy atom. The van der Waals surface area contributed by atoms with Crippen LogP contribution in [-0.4, -0.2) is 0 Å². The van der Waals surface area contributed by atoms with Crippen molar-refractivity contribution in [3.63, 3.8) is 0 Å². The molecule has 1 atom stereocenters. The summed E-state index contributed by atoms with van der Waals surface area (Å²) < 4.78 is 26.1. The molecule has 0 bridgehead atoms. The highest BCUT2D eigenvalue weighted by Crippen LogP contribution is 2.66. The molecule has 0 N–H and O–H groups in total. The van der Waals surface area contributed by atoms with Gasteiger partial charge in [-0.3, -0.25) is 0 Å². The van der Waals surface area contributed by atoms with Gasteiger partial charge in [-0.05, 0) is 61.0 Å². The summed E-state index contributed by atoms with van der Waals surface area (Å²) in [6.45, 7) is 2.11. The lowest BCUT2D eigenvalue weighted by Gasteiger charge is -2.44. The van der Waals surface area contributed by atoms with Gasteiger partial charge in [-0.25, -0.2) is 0 Å². The summed E-state index contributed by atoms with van der Waals surface area (Å²) in [6, 6.07) is 42.5. The Morgan fingerprint density at radius 2 is 0.953 bits per heavy atom. The van der Waals surface area contributed by atoms with Crippen LogP contribution in [0.25, 0.3) is 0 Å². The van der Waals surface area contributed by atoms with E-state index in [0.29, 0.717) is 17.2 Å². The van der Waals surface area contributed by atoms with E-state index in [1.54, 1.807) is 0 Å². The first-order chi connectivity index (χ1) is 21.2. The molecular weight excluding hydrogens is 534 g/mol. The monoisotopic (exact) mass is 559 g/mol. The van der Waals surface area contributed by atoms with Gasteiger partial charge in [0, 0.05) is 41.1 Å². The maximum absolute atomic E-state index is 6.75. The van der Waals surface area contributed by atoms with Crippen molar-refractivity contribution >= 4 is 17.1 Å². The van der Waals surface area contributed by atoms with Crippen molar-refractivity contribution < 1.29 is 18.9 Å². The van der Waals surface area contributed by atoms with Crippen LogP contribution in [0.2, 0.25) is 0 Å². The van der Waals surface area contributed by atoms with Crippen molar-refractivity contribution in [1.29, 1.82) is 0 Å². The molecule has 0 amide bonds. The van der Waals surface area contributed by atoms with E-state index in [-0.39, 0.29) is 5.92 Å². The largest absolute Gasteiger partial charge is 0.457 e. The van der Waals surface area contributed by atoms with Crippen molar-refractivity contribution in [2.24, 2.45) is 0 Å². The van der Waals surface area contributed by atoms with Gasteiger partial charge >= 0.3 is 0 Å². The molecule has 0 radical (unpaired) electrons. The molecule has 3 aliphatic heterocycles. The number of para-hydroxylation sites is 3. The Hall–Kier alpha value is -5.68. The standard InChI is InChI=1S/C38H25NO4/c1-23-17-29-35-31(18-23)42-33-21-28(41-26-15-9-4-10-16-26)22-34-37(33)38(35)36-30(39(29)24-11-5-2-6-12-24)19-27(20-32(36)43-34)40-25-13-7-3-8-14-25/h2-22,38H,1H3. The van der Waals surface area contributed by atoms with Crippen LogP contribution in [0.4, 0.5) is 17.1 Å². The lowest BCUT2D eigenvalue weighted by Crippen LogP contribution is -2.27. The van der Waals surface area contributed by atoms with Gasteiger partial charge < -0.3 is 23.8 Å². The zero-order valence-corrected chi connectivity index (χ0v) is 23.3. The highest BCUT2D eigenvalue weighted by atomic mass is 16.5. The first-order valence-electron chi connectivity index (χ1n) is 14.4. The summed E-state index contributed by atoms with van der Waals surface area (Å²) in [7, 11) is 0. The average Bonchev–Trinajstić information content (AvgIpc) is 3.02. The zero-order valence-electron chi connectivity index (χ0n) is 23.3. The molecule has 0 fully saturated rings. The fourth-order valence-electron chi connectivity index (χ4n) is 6.50. The quantitative estimate of drug-likeness (QED) is 0.210. The predicted molar refractivity (Wildman–Crippen MR) is 166 cm³/mol. The Morgan fingerprint density at radius 3 is 1.53 bits per heavy atom. The molecule has 5 heteroatoms. The molecule has 43 heavy (non-hydrogen) atoms. The summed E-state index contributed by atoms with van der Waals surface area (Å²) >= 11 is 0. The number of anilines is 3. The summed E-state index contributed by atoms with van der Waals surface area (Å²) in [5.74, 6) is 5.85. The van der Waals surface area contributed by atoms with Gasteiger partial charge in [0.05, 0.1) is 22.9 Å². The van der Waals surface area contributed by atoms with E-state index in [2.05, 4.69) is 54.3 Å². The highest BCUT2D eigenvalue weighted by Gasteiger charge is 2.45. The second-order valence-electron chi connectivity index (χ2n) is 11.0. The molecular formula is C38H25NO4. The van der Waals surface area contributed by atoms with Crippen molar-refractivity contribution in [2.45, 2.75) is 12.8 Å². The normalized spacial score (nSPS) is 14.7. The molecule has 9 rings (SSSR count). The number of aryl methyl sites for hydroxylation is 1. The fraction of sp³-hybridized carbons (Fsp3) is 0.0526. The number of rotatable bonds is 5. The van der Waals surface area contributed by atoms with Crippen LogP contribution in [0.1, 0.15) is 28.2 Å². The topological polar surface area (TPSA) is 40.2 Å². The molecule has 1 unspecified atom stereocenters. The van der Waals surface area contributed by atoms with Gasteiger partial charge in [-0.15, -0.1) is 0 Å². The van der Waals surface area contributed by atoms with E-state index >= 15 is 0 Å². The number of benzene rings is 6. The van der Waals surface area contributed by atoms with Crippen LogP contribution in [0.5, 0.6) is 46.0 Å². The fourth-order valence-corrected chi connectivity index (χ4v) is 6.50. The maximum atomic E-state index is 6.75. The van der Waals surface area contributed by atoms with Crippen molar-refractivity contribution in [2.75, 3.05) is 4.90 Å². The molecule has 206 valence electrons. The van der Waals surface area contributed by atoms with Gasteiger partial charge in [-0.1, -0.05) is 54.6 Å². The van der Waals surface area contributed by atoms with Crippen LogP contribution in [-0.2, 0) is 0 Å². The van der Waals surface area contributed by atoms with Gasteiger partial charge in [-0.2, -0.15) is 0 Å². The first-order valence-corrected chi connectivity index (χ1v) is 14.4. The lowest BCUT2D eigenvalue weighted by atomic mass is 9.75. The smallest absolute Gasteiger partial charge is 0.139 e. The third-order valence-electron chi connectivity index (χ3n) is 8.20. The van der Waals surface area contributed by atoms with Gasteiger partial charge in [0.2, 0.25) is 0 Å².